The molecule has 0 spiro atoms. The van der Waals surface area contributed by atoms with Gasteiger partial charge in [0.2, 0.25) is 0 Å². The fourth-order valence-corrected chi connectivity index (χ4v) is 3.45. The molecule has 3 heterocycles. The molecule has 1 unspecified atom stereocenters. The van der Waals surface area contributed by atoms with Gasteiger partial charge in [-0.05, 0) is 47.5 Å². The molecule has 0 aliphatic rings. The number of benzene rings is 2. The summed E-state index contributed by atoms with van der Waals surface area (Å²) in [6.07, 6.45) is 5.22. The molecule has 5 aromatic rings. The van der Waals surface area contributed by atoms with E-state index in [1.165, 1.54) is 0 Å². The van der Waals surface area contributed by atoms with Crippen LogP contribution in [0.1, 0.15) is 11.1 Å². The van der Waals surface area contributed by atoms with Gasteiger partial charge in [0.1, 0.15) is 0 Å². The van der Waals surface area contributed by atoms with E-state index < -0.39 is 17.9 Å². The third-order valence-corrected chi connectivity index (χ3v) is 5.18. The van der Waals surface area contributed by atoms with Crippen molar-refractivity contribution >= 4 is 22.8 Å². The van der Waals surface area contributed by atoms with Gasteiger partial charge in [0, 0.05) is 12.4 Å². The maximum Gasteiger partial charge on any atom is 4.00 e. The monoisotopic (exact) mass is 673 g/mol. The van der Waals surface area contributed by atoms with Crippen molar-refractivity contribution in [3.05, 3.63) is 121 Å². The number of nitrogens with zero attached hydrogens (tertiary/aromatic N) is 4. The summed E-state index contributed by atoms with van der Waals surface area (Å²) in [5, 5.41) is 24.3. The van der Waals surface area contributed by atoms with Crippen LogP contribution in [0, 0.1) is 0 Å². The number of para-hydroxylation sites is 1. The molecule has 0 aliphatic heterocycles. The summed E-state index contributed by atoms with van der Waals surface area (Å²) in [6, 6.07) is 26.1. The van der Waals surface area contributed by atoms with E-state index in [1.807, 2.05) is 60.7 Å². The van der Waals surface area contributed by atoms with Gasteiger partial charge in [-0.3, -0.25) is 15.0 Å². The molecule has 1 atom stereocenters. The van der Waals surface area contributed by atoms with Gasteiger partial charge in [-0.15, -0.1) is 5.52 Å². The molecule has 9 heteroatoms. The Morgan fingerprint density at radius 1 is 0.811 bits per heavy atom. The number of carboxylic acid groups (broad SMARTS) is 1. The van der Waals surface area contributed by atoms with Crippen LogP contribution >= 0.6 is 0 Å². The van der Waals surface area contributed by atoms with Crippen molar-refractivity contribution in [3.8, 4) is 11.4 Å². The van der Waals surface area contributed by atoms with Gasteiger partial charge >= 0.3 is 21.1 Å². The predicted octanol–water partition coefficient (Wildman–Crippen LogP) is 2.23. The van der Waals surface area contributed by atoms with Crippen LogP contribution in [0.2, 0.25) is 0 Å². The standard InChI is InChI=1S/C18H15N2O3.C10H8N2.H2O.Pt/c21-17(12-6-2-1-3-7-12)20-16(18(22)23)10-13-11-19-15-9-5-4-8-14(13)15;1-3-7-11-9(5-1)10-6-2-4-8-12-10;;/h1-9,11,16H,10H2,(H,20,21)(H,22,23);1-8H;1H2;/q-1;;;+4/p-3. The zero-order valence-corrected chi connectivity index (χ0v) is 21.7. The number of carbonyl (C=O) groups excluding carboxylic acids is 1. The number of carbonyl (C=O) groups is 1. The van der Waals surface area contributed by atoms with E-state index in [1.54, 1.807) is 48.9 Å². The molecule has 0 radical (unpaired) electrons. The Kier molecular flexibility index (Phi) is 11.4. The first-order chi connectivity index (χ1) is 17.1. The largest absolute Gasteiger partial charge is 4.00 e. The summed E-state index contributed by atoms with van der Waals surface area (Å²) in [5.41, 5.74) is 3.70. The van der Waals surface area contributed by atoms with Gasteiger partial charge in [0.15, 0.2) is 0 Å². The van der Waals surface area contributed by atoms with Gasteiger partial charge in [-0.25, -0.2) is 0 Å². The minimum absolute atomic E-state index is 0. The molecule has 0 saturated heterocycles. The first kappa shape index (κ1) is 29.1. The number of fused-ring (bicyclic) bond motifs is 1. The molecular weight excluding hydrogens is 651 g/mol. The normalized spacial score (nSPS) is 11.3. The van der Waals surface area contributed by atoms with Crippen molar-refractivity contribution in [3.63, 3.8) is 0 Å². The second kappa shape index (κ2) is 14.4. The van der Waals surface area contributed by atoms with E-state index in [0.717, 1.165) is 27.9 Å². The van der Waals surface area contributed by atoms with Crippen molar-refractivity contribution in [1.82, 2.24) is 15.0 Å². The Morgan fingerprint density at radius 3 is 1.95 bits per heavy atom. The molecule has 3 aromatic heterocycles. The number of carboxylic acids is 1. The van der Waals surface area contributed by atoms with E-state index in [4.69, 9.17) is 0 Å². The number of aliphatic imine (C=N–C) groups is 1. The topological polar surface area (TPSA) is 145 Å². The van der Waals surface area contributed by atoms with Gasteiger partial charge in [-0.2, -0.15) is 6.20 Å². The van der Waals surface area contributed by atoms with E-state index in [2.05, 4.69) is 19.9 Å². The van der Waals surface area contributed by atoms with E-state index >= 15 is 0 Å². The summed E-state index contributed by atoms with van der Waals surface area (Å²) >= 11 is 0. The van der Waals surface area contributed by atoms with Crippen molar-refractivity contribution in [2.75, 3.05) is 0 Å². The summed E-state index contributed by atoms with van der Waals surface area (Å²) in [4.78, 5) is 27.8. The predicted molar refractivity (Wildman–Crippen MR) is 132 cm³/mol. The van der Waals surface area contributed by atoms with Gasteiger partial charge in [0.05, 0.1) is 23.4 Å². The van der Waals surface area contributed by atoms with E-state index in [9.17, 15) is 15.0 Å². The van der Waals surface area contributed by atoms with Crippen molar-refractivity contribution in [2.24, 2.45) is 4.99 Å². The summed E-state index contributed by atoms with van der Waals surface area (Å²) < 4.78 is 0. The molecule has 0 saturated carbocycles. The van der Waals surface area contributed by atoms with Crippen molar-refractivity contribution in [1.29, 1.82) is 0 Å². The third-order valence-electron chi connectivity index (χ3n) is 5.18. The fraction of sp³-hybridized carbons (Fsp3) is 0.0714. The van der Waals surface area contributed by atoms with Crippen LogP contribution in [0.5, 0.6) is 0 Å². The molecule has 0 amide bonds. The Bertz CT molecular complexity index is 1370. The van der Waals surface area contributed by atoms with Crippen LogP contribution < -0.4 is 15.2 Å². The smallest absolute Gasteiger partial charge is 0.870 e. The third kappa shape index (κ3) is 7.93. The van der Waals surface area contributed by atoms with Crippen LogP contribution in [0.15, 0.2) is 115 Å². The summed E-state index contributed by atoms with van der Waals surface area (Å²) in [5.74, 6) is -1.94. The van der Waals surface area contributed by atoms with Crippen LogP contribution in [-0.4, -0.2) is 33.4 Å². The first-order valence-electron chi connectivity index (χ1n) is 10.9. The molecule has 2 aromatic carbocycles. The first-order valence-corrected chi connectivity index (χ1v) is 10.9. The SMILES string of the molecule is O=C([O-])C(Cc1c[n-]c2ccccc12)N=C([O-])c1ccccc1.[OH-].[Pt+4].c1ccc(-c2ccccn2)nc1. The number of hydrogen-bond acceptors (Lipinski definition) is 7. The number of hydrogen-bond donors (Lipinski definition) is 0. The second-order valence-corrected chi connectivity index (χ2v) is 7.57. The minimum atomic E-state index is -1.38. The summed E-state index contributed by atoms with van der Waals surface area (Å²) in [7, 11) is 0. The van der Waals surface area contributed by atoms with Gasteiger partial charge in [-0.1, -0.05) is 72.3 Å². The second-order valence-electron chi connectivity index (χ2n) is 7.57. The Balaban J connectivity index is 0.000000292. The molecule has 0 aliphatic carbocycles. The Morgan fingerprint density at radius 2 is 1.38 bits per heavy atom. The fourth-order valence-electron chi connectivity index (χ4n) is 3.45. The molecule has 0 bridgehead atoms. The van der Waals surface area contributed by atoms with Crippen LogP contribution in [0.3, 0.4) is 0 Å². The number of pyridine rings is 2. The van der Waals surface area contributed by atoms with Gasteiger partial charge in [0.25, 0.3) is 0 Å². The molecule has 8 nitrogen and oxygen atoms in total. The van der Waals surface area contributed by atoms with Crippen LogP contribution in [-0.2, 0) is 32.3 Å². The Hall–Kier alpha value is -4.13. The maximum absolute atomic E-state index is 12.1. The average molecular weight is 674 g/mol. The van der Waals surface area contributed by atoms with Crippen molar-refractivity contribution < 1.29 is 41.5 Å². The molecule has 0 fully saturated rings. The number of aliphatic carboxylic acids is 1. The molecular formula is C28H22N4O4Pt. The van der Waals surface area contributed by atoms with Crippen LogP contribution in [0.4, 0.5) is 0 Å². The van der Waals surface area contributed by atoms with Gasteiger partial charge < -0.3 is 25.5 Å². The minimum Gasteiger partial charge on any atom is -0.870 e. The molecule has 5 rings (SSSR count). The molecule has 188 valence electrons. The maximum atomic E-state index is 12.1. The van der Waals surface area contributed by atoms with Crippen LogP contribution in [0.25, 0.3) is 22.3 Å². The quantitative estimate of drug-likeness (QED) is 0.199. The molecule has 1 N–H and O–H groups in total. The van der Waals surface area contributed by atoms with E-state index in [0.29, 0.717) is 5.56 Å². The van der Waals surface area contributed by atoms with E-state index in [-0.39, 0.29) is 33.0 Å². The number of rotatable bonds is 6. The van der Waals surface area contributed by atoms with Crippen molar-refractivity contribution in [2.45, 2.75) is 12.5 Å². The number of aromatic nitrogens is 3. The molecule has 37 heavy (non-hydrogen) atoms. The summed E-state index contributed by atoms with van der Waals surface area (Å²) in [6.45, 7) is 0. The zero-order chi connectivity index (χ0) is 24.5. The Labute approximate surface area is 228 Å². The average Bonchev–Trinajstić information content (AvgIpc) is 3.33. The zero-order valence-electron chi connectivity index (χ0n) is 19.5.